The lowest BCUT2D eigenvalue weighted by atomic mass is 9.95. The van der Waals surface area contributed by atoms with Crippen LogP contribution in [-0.2, 0) is 15.7 Å². The number of hydrogen-bond donors (Lipinski definition) is 2. The monoisotopic (exact) mass is 478 g/mol. The van der Waals surface area contributed by atoms with E-state index in [1.165, 1.54) is 51.0 Å². The lowest BCUT2D eigenvalue weighted by Gasteiger charge is -2.31. The van der Waals surface area contributed by atoms with Crippen molar-refractivity contribution in [3.05, 3.63) is 35.4 Å². The van der Waals surface area contributed by atoms with Gasteiger partial charge in [0.2, 0.25) is 5.91 Å². The summed E-state index contributed by atoms with van der Waals surface area (Å²) in [5.41, 5.74) is 0.0392. The quantitative estimate of drug-likeness (QED) is 0.619. The molecule has 194 valence electrons. The lowest BCUT2D eigenvalue weighted by molar-refractivity contribution is -0.137. The number of rotatable bonds is 3. The van der Waals surface area contributed by atoms with Gasteiger partial charge in [-0.15, -0.1) is 0 Å². The Balaban J connectivity index is 0. The van der Waals surface area contributed by atoms with Crippen LogP contribution in [0, 0.1) is 12.8 Å². The van der Waals surface area contributed by atoms with Crippen LogP contribution in [0.5, 0.6) is 0 Å². The summed E-state index contributed by atoms with van der Waals surface area (Å²) in [7, 11) is 4.25. The van der Waals surface area contributed by atoms with Crippen LogP contribution in [-0.4, -0.2) is 62.9 Å². The number of aliphatic hydroxyl groups is 1. The summed E-state index contributed by atoms with van der Waals surface area (Å²) in [5, 5.41) is 10.4. The number of ether oxygens (including phenoxy) is 1. The fourth-order valence-corrected chi connectivity index (χ4v) is 3.73. The molecule has 3 rings (SSSR count). The normalized spacial score (nSPS) is 16.9. The number of carbonyl (C=O) groups excluding carboxylic acids is 1. The van der Waals surface area contributed by atoms with Gasteiger partial charge in [-0.05, 0) is 44.6 Å². The highest BCUT2D eigenvalue weighted by molar-refractivity contribution is 5.78. The Bertz CT molecular complexity index is 634. The van der Waals surface area contributed by atoms with Gasteiger partial charge in [0, 0.05) is 41.9 Å². The van der Waals surface area contributed by atoms with E-state index in [9.17, 15) is 18.0 Å². The van der Waals surface area contributed by atoms with Crippen molar-refractivity contribution in [3.63, 3.8) is 0 Å². The molecule has 0 radical (unpaired) electrons. The zero-order valence-electron chi connectivity index (χ0n) is 20.9. The summed E-state index contributed by atoms with van der Waals surface area (Å²) in [6.45, 7) is 6.40. The first-order chi connectivity index (χ1) is 15.7. The van der Waals surface area contributed by atoms with Gasteiger partial charge in [-0.2, -0.15) is 13.2 Å². The molecule has 2 fully saturated rings. The number of alkyl halides is 3. The Morgan fingerprint density at radius 3 is 2.12 bits per heavy atom. The number of aryl methyl sites for hydroxylation is 1. The molecule has 1 aliphatic heterocycles. The van der Waals surface area contributed by atoms with Gasteiger partial charge in [-0.1, -0.05) is 49.9 Å². The average molecular weight is 479 g/mol. The number of likely N-dealkylation sites (tertiary alicyclic amines) is 1. The number of amides is 1. The maximum atomic E-state index is 12.0. The molecular formula is C25H45F3N2O3. The van der Waals surface area contributed by atoms with Crippen molar-refractivity contribution in [1.82, 2.24) is 10.2 Å². The third-order valence-corrected chi connectivity index (χ3v) is 5.63. The van der Waals surface area contributed by atoms with Crippen LogP contribution < -0.4 is 5.32 Å². The van der Waals surface area contributed by atoms with Crippen LogP contribution in [0.2, 0.25) is 0 Å². The van der Waals surface area contributed by atoms with Crippen LogP contribution in [0.1, 0.15) is 64.4 Å². The molecule has 2 aliphatic rings. The van der Waals surface area contributed by atoms with Crippen LogP contribution in [0.3, 0.4) is 0 Å². The Labute approximate surface area is 199 Å². The minimum atomic E-state index is -4.22. The molecule has 1 amide bonds. The molecule has 0 aromatic heterocycles. The number of hydrogen-bond acceptors (Lipinski definition) is 4. The molecule has 2 N–H and O–H groups in total. The number of nitrogens with one attached hydrogen (secondary N) is 1. The number of methoxy groups -OCH3 is 1. The standard InChI is InChI=1S/C14H26N2O.C8H7F3.C2H6O.CH4O.H2/c1-12-7-9-16(10-8-12)14(17)11-15-13-5-3-2-4-6-13;1-6-3-2-4-7(5-6)8(9,10)11;1-3-2;1-2;/h12-13,15H,2-11H2,1H3;2-5H,1H3;1-2H3;2H,1H3;1H. The summed E-state index contributed by atoms with van der Waals surface area (Å²) >= 11 is 0. The molecule has 1 heterocycles. The van der Waals surface area contributed by atoms with Gasteiger partial charge in [0.1, 0.15) is 0 Å². The number of nitrogens with zero attached hydrogens (tertiary/aromatic N) is 1. The van der Waals surface area contributed by atoms with E-state index >= 15 is 0 Å². The van der Waals surface area contributed by atoms with Gasteiger partial charge in [0.25, 0.3) is 0 Å². The molecular weight excluding hydrogens is 433 g/mol. The highest BCUT2D eigenvalue weighted by atomic mass is 19.4. The van der Waals surface area contributed by atoms with Gasteiger partial charge in [0.15, 0.2) is 0 Å². The van der Waals surface area contributed by atoms with E-state index in [4.69, 9.17) is 5.11 Å². The number of carbonyl (C=O) groups is 1. The smallest absolute Gasteiger partial charge is 0.400 e. The summed E-state index contributed by atoms with van der Waals surface area (Å²) < 4.78 is 40.2. The van der Waals surface area contributed by atoms with Crippen molar-refractivity contribution >= 4 is 5.91 Å². The summed E-state index contributed by atoms with van der Waals surface area (Å²) in [5.74, 6) is 1.10. The number of aliphatic hydroxyl groups excluding tert-OH is 1. The first-order valence-electron chi connectivity index (χ1n) is 11.7. The van der Waals surface area contributed by atoms with Crippen LogP contribution in [0.25, 0.3) is 0 Å². The molecule has 1 aliphatic carbocycles. The molecule has 5 nitrogen and oxygen atoms in total. The van der Waals surface area contributed by atoms with E-state index in [0.29, 0.717) is 24.1 Å². The molecule has 1 aromatic carbocycles. The van der Waals surface area contributed by atoms with E-state index in [-0.39, 0.29) is 1.43 Å². The minimum absolute atomic E-state index is 0. The van der Waals surface area contributed by atoms with Crippen molar-refractivity contribution in [2.75, 3.05) is 41.0 Å². The van der Waals surface area contributed by atoms with E-state index in [1.54, 1.807) is 27.2 Å². The van der Waals surface area contributed by atoms with Crippen LogP contribution >= 0.6 is 0 Å². The highest BCUT2D eigenvalue weighted by Crippen LogP contribution is 2.29. The molecule has 0 atom stereocenters. The second-order valence-corrected chi connectivity index (χ2v) is 8.55. The van der Waals surface area contributed by atoms with Gasteiger partial charge in [0.05, 0.1) is 12.1 Å². The Morgan fingerprint density at radius 2 is 1.67 bits per heavy atom. The first kappa shape index (κ1) is 31.4. The Kier molecular flexibility index (Phi) is 16.9. The lowest BCUT2D eigenvalue weighted by Crippen LogP contribution is -2.45. The molecule has 1 saturated carbocycles. The summed E-state index contributed by atoms with van der Waals surface area (Å²) in [6, 6.07) is 5.82. The molecule has 0 bridgehead atoms. The maximum absolute atomic E-state index is 12.0. The topological polar surface area (TPSA) is 61.8 Å². The molecule has 1 saturated heterocycles. The highest BCUT2D eigenvalue weighted by Gasteiger charge is 2.29. The van der Waals surface area contributed by atoms with Crippen LogP contribution in [0.15, 0.2) is 24.3 Å². The molecule has 1 aromatic rings. The van der Waals surface area contributed by atoms with E-state index in [1.807, 2.05) is 4.90 Å². The fourth-order valence-electron chi connectivity index (χ4n) is 3.73. The average Bonchev–Trinajstić information content (AvgIpc) is 2.80. The zero-order valence-corrected chi connectivity index (χ0v) is 20.9. The predicted octanol–water partition coefficient (Wildman–Crippen LogP) is 5.30. The molecule has 0 spiro atoms. The zero-order chi connectivity index (χ0) is 25.3. The van der Waals surface area contributed by atoms with Crippen molar-refractivity contribution in [2.24, 2.45) is 5.92 Å². The first-order valence-corrected chi connectivity index (χ1v) is 11.7. The molecule has 8 heteroatoms. The second-order valence-electron chi connectivity index (χ2n) is 8.55. The minimum Gasteiger partial charge on any atom is -0.400 e. The largest absolute Gasteiger partial charge is 0.416 e. The van der Waals surface area contributed by atoms with Gasteiger partial charge in [-0.3, -0.25) is 4.79 Å². The van der Waals surface area contributed by atoms with Gasteiger partial charge < -0.3 is 20.1 Å². The van der Waals surface area contributed by atoms with Crippen molar-refractivity contribution in [2.45, 2.75) is 71.0 Å². The van der Waals surface area contributed by atoms with Gasteiger partial charge >= 0.3 is 6.18 Å². The van der Waals surface area contributed by atoms with Crippen molar-refractivity contribution < 1.29 is 29.2 Å². The maximum Gasteiger partial charge on any atom is 0.416 e. The van der Waals surface area contributed by atoms with Crippen molar-refractivity contribution in [3.8, 4) is 0 Å². The SMILES string of the molecule is CC1CCN(C(=O)CNC2CCCCC2)CC1.CO.COC.Cc1cccc(C(F)(F)F)c1.[HH]. The summed E-state index contributed by atoms with van der Waals surface area (Å²) in [4.78, 5) is 14.0. The van der Waals surface area contributed by atoms with Crippen LogP contribution in [0.4, 0.5) is 13.2 Å². The van der Waals surface area contributed by atoms with E-state index < -0.39 is 11.7 Å². The third-order valence-electron chi connectivity index (χ3n) is 5.63. The van der Waals surface area contributed by atoms with E-state index in [2.05, 4.69) is 17.0 Å². The number of benzene rings is 1. The predicted molar refractivity (Wildman–Crippen MR) is 129 cm³/mol. The second kappa shape index (κ2) is 17.8. The molecule has 33 heavy (non-hydrogen) atoms. The third kappa shape index (κ3) is 14.3. The van der Waals surface area contributed by atoms with E-state index in [0.717, 1.165) is 38.2 Å². The molecule has 0 unspecified atom stereocenters. The number of piperidine rings is 1. The fraction of sp³-hybridized carbons (Fsp3) is 0.720. The van der Waals surface area contributed by atoms with Gasteiger partial charge in [-0.25, -0.2) is 0 Å². The van der Waals surface area contributed by atoms with Crippen molar-refractivity contribution in [1.29, 1.82) is 0 Å². The number of halogens is 3. The summed E-state index contributed by atoms with van der Waals surface area (Å²) in [6.07, 6.45) is 4.67. The Hall–Kier alpha value is -1.64. The Morgan fingerprint density at radius 1 is 1.12 bits per heavy atom.